The number of aromatic nitrogens is 1. The number of hydrogen-bond acceptors (Lipinski definition) is 4. The van der Waals surface area contributed by atoms with E-state index >= 15 is 0 Å². The van der Waals surface area contributed by atoms with Crippen molar-refractivity contribution in [2.75, 3.05) is 5.32 Å². The smallest absolute Gasteiger partial charge is 0.142 e. The first-order valence-corrected chi connectivity index (χ1v) is 5.66. The van der Waals surface area contributed by atoms with Gasteiger partial charge in [0.15, 0.2) is 0 Å². The molecule has 1 heterocycles. The third kappa shape index (κ3) is 2.71. The van der Waals surface area contributed by atoms with Crippen LogP contribution in [0.3, 0.4) is 0 Å². The first-order chi connectivity index (χ1) is 7.78. The third-order valence-corrected chi connectivity index (χ3v) is 3.02. The van der Waals surface area contributed by atoms with E-state index < -0.39 is 0 Å². The van der Waals surface area contributed by atoms with E-state index in [4.69, 9.17) is 11.0 Å². The van der Waals surface area contributed by atoms with Crippen LogP contribution in [0.2, 0.25) is 0 Å². The molecule has 3 N–H and O–H groups in total. The maximum absolute atomic E-state index is 8.75. The molecule has 0 radical (unpaired) electrons. The van der Waals surface area contributed by atoms with Crippen molar-refractivity contribution < 1.29 is 0 Å². The fourth-order valence-electron chi connectivity index (χ4n) is 2.08. The van der Waals surface area contributed by atoms with E-state index in [1.165, 1.54) is 0 Å². The lowest BCUT2D eigenvalue weighted by molar-refractivity contribution is 0.411. The molecular weight excluding hydrogens is 200 g/mol. The first-order valence-electron chi connectivity index (χ1n) is 5.66. The second kappa shape index (κ2) is 4.95. The fourth-order valence-corrected chi connectivity index (χ4v) is 2.08. The van der Waals surface area contributed by atoms with Gasteiger partial charge in [0.25, 0.3) is 0 Å². The number of rotatable bonds is 2. The van der Waals surface area contributed by atoms with Gasteiger partial charge < -0.3 is 11.1 Å². The molecule has 0 bridgehead atoms. The van der Waals surface area contributed by atoms with Crippen molar-refractivity contribution in [2.24, 2.45) is 5.73 Å². The molecule has 0 saturated heterocycles. The van der Waals surface area contributed by atoms with Gasteiger partial charge in [-0.25, -0.2) is 4.98 Å². The van der Waals surface area contributed by atoms with Crippen LogP contribution in [0.25, 0.3) is 0 Å². The largest absolute Gasteiger partial charge is 0.382 e. The van der Waals surface area contributed by atoms with Gasteiger partial charge >= 0.3 is 0 Å². The first kappa shape index (κ1) is 10.9. The van der Waals surface area contributed by atoms with Gasteiger partial charge in [-0.2, -0.15) is 5.26 Å². The summed E-state index contributed by atoms with van der Waals surface area (Å²) in [6.07, 6.45) is 6.02. The zero-order chi connectivity index (χ0) is 11.4. The number of hydrogen-bond donors (Lipinski definition) is 2. The molecule has 4 heteroatoms. The summed E-state index contributed by atoms with van der Waals surface area (Å²) >= 11 is 0. The summed E-state index contributed by atoms with van der Waals surface area (Å²) in [5.74, 6) is 0. The van der Waals surface area contributed by atoms with Crippen LogP contribution in [0.5, 0.6) is 0 Å². The normalized spacial score (nSPS) is 24.8. The van der Waals surface area contributed by atoms with Crippen molar-refractivity contribution in [3.8, 4) is 6.07 Å². The lowest BCUT2D eigenvalue weighted by Crippen LogP contribution is -2.32. The zero-order valence-electron chi connectivity index (χ0n) is 9.19. The molecule has 0 atom stereocenters. The number of nitrogens with zero attached hydrogens (tertiary/aromatic N) is 2. The van der Waals surface area contributed by atoms with Crippen molar-refractivity contribution in [3.05, 3.63) is 24.0 Å². The molecule has 0 unspecified atom stereocenters. The van der Waals surface area contributed by atoms with Crippen LogP contribution in [-0.2, 0) is 0 Å². The van der Waals surface area contributed by atoms with Crippen LogP contribution >= 0.6 is 0 Å². The number of pyridine rings is 1. The van der Waals surface area contributed by atoms with Gasteiger partial charge in [-0.05, 0) is 37.8 Å². The Morgan fingerprint density at radius 3 is 2.81 bits per heavy atom. The van der Waals surface area contributed by atoms with Gasteiger partial charge in [-0.3, -0.25) is 0 Å². The Kier molecular flexibility index (Phi) is 3.37. The van der Waals surface area contributed by atoms with E-state index in [2.05, 4.69) is 10.3 Å². The van der Waals surface area contributed by atoms with Crippen LogP contribution in [0.15, 0.2) is 18.3 Å². The minimum Gasteiger partial charge on any atom is -0.382 e. The molecule has 0 amide bonds. The molecule has 1 fully saturated rings. The van der Waals surface area contributed by atoms with Crippen molar-refractivity contribution >= 4 is 5.69 Å². The lowest BCUT2D eigenvalue weighted by atomic mass is 9.92. The average Bonchev–Trinajstić information content (AvgIpc) is 2.32. The molecule has 1 aliphatic rings. The second-order valence-electron chi connectivity index (χ2n) is 4.30. The van der Waals surface area contributed by atoms with Gasteiger partial charge in [0.05, 0.1) is 0 Å². The summed E-state index contributed by atoms with van der Waals surface area (Å²) in [6.45, 7) is 0. The highest BCUT2D eigenvalue weighted by atomic mass is 14.9. The molecule has 1 aliphatic carbocycles. The zero-order valence-corrected chi connectivity index (χ0v) is 9.19. The van der Waals surface area contributed by atoms with Gasteiger partial charge in [-0.1, -0.05) is 0 Å². The molecule has 1 saturated carbocycles. The molecule has 16 heavy (non-hydrogen) atoms. The Bertz CT molecular complexity index is 388. The predicted molar refractivity (Wildman–Crippen MR) is 62.8 cm³/mol. The summed E-state index contributed by atoms with van der Waals surface area (Å²) in [7, 11) is 0. The van der Waals surface area contributed by atoms with Crippen LogP contribution in [0.4, 0.5) is 5.69 Å². The van der Waals surface area contributed by atoms with Gasteiger partial charge in [-0.15, -0.1) is 0 Å². The molecular formula is C12H16N4. The number of nitrogens with two attached hydrogens (primary N) is 1. The minimum absolute atomic E-state index is 0.366. The van der Waals surface area contributed by atoms with Gasteiger partial charge in [0.2, 0.25) is 0 Å². The highest BCUT2D eigenvalue weighted by Crippen LogP contribution is 2.21. The van der Waals surface area contributed by atoms with E-state index in [-0.39, 0.29) is 0 Å². The van der Waals surface area contributed by atoms with E-state index in [1.807, 2.05) is 12.1 Å². The summed E-state index contributed by atoms with van der Waals surface area (Å²) in [6, 6.07) is 6.57. The Labute approximate surface area is 95.5 Å². The fraction of sp³-hybridized carbons (Fsp3) is 0.500. The summed E-state index contributed by atoms with van der Waals surface area (Å²) in [4.78, 5) is 3.94. The minimum atomic E-state index is 0.366. The van der Waals surface area contributed by atoms with E-state index in [1.54, 1.807) is 12.3 Å². The Morgan fingerprint density at radius 2 is 2.12 bits per heavy atom. The molecule has 0 spiro atoms. The predicted octanol–water partition coefficient (Wildman–Crippen LogP) is 1.64. The van der Waals surface area contributed by atoms with E-state index in [9.17, 15) is 0 Å². The van der Waals surface area contributed by atoms with E-state index in [0.717, 1.165) is 31.4 Å². The molecule has 1 aromatic rings. The van der Waals surface area contributed by atoms with E-state index in [0.29, 0.717) is 17.8 Å². The molecule has 0 aliphatic heterocycles. The van der Waals surface area contributed by atoms with Crippen molar-refractivity contribution in [1.29, 1.82) is 5.26 Å². The van der Waals surface area contributed by atoms with Crippen LogP contribution < -0.4 is 11.1 Å². The van der Waals surface area contributed by atoms with Crippen molar-refractivity contribution in [2.45, 2.75) is 37.8 Å². The highest BCUT2D eigenvalue weighted by molar-refractivity contribution is 5.46. The molecule has 1 aromatic heterocycles. The van der Waals surface area contributed by atoms with Crippen LogP contribution in [0.1, 0.15) is 31.4 Å². The van der Waals surface area contributed by atoms with Crippen LogP contribution in [-0.4, -0.2) is 17.1 Å². The van der Waals surface area contributed by atoms with Gasteiger partial charge in [0.1, 0.15) is 11.8 Å². The summed E-state index contributed by atoms with van der Waals surface area (Å²) in [5, 5.41) is 12.2. The summed E-state index contributed by atoms with van der Waals surface area (Å²) < 4.78 is 0. The Morgan fingerprint density at radius 1 is 1.38 bits per heavy atom. The standard InChI is InChI=1S/C12H16N4/c13-8-12-7-11(5-6-15-12)16-10-3-1-9(14)2-4-10/h5-7,9-10H,1-4,14H2,(H,15,16). The SMILES string of the molecule is N#Cc1cc(NC2CCC(N)CC2)ccn1. The maximum atomic E-state index is 8.75. The van der Waals surface area contributed by atoms with Crippen molar-refractivity contribution in [3.63, 3.8) is 0 Å². The topological polar surface area (TPSA) is 74.7 Å². The Balaban J connectivity index is 1.96. The molecule has 0 aromatic carbocycles. The van der Waals surface area contributed by atoms with Crippen molar-refractivity contribution in [1.82, 2.24) is 4.98 Å². The lowest BCUT2D eigenvalue weighted by Gasteiger charge is -2.27. The monoisotopic (exact) mass is 216 g/mol. The average molecular weight is 216 g/mol. The highest BCUT2D eigenvalue weighted by Gasteiger charge is 2.18. The number of nitrogens with one attached hydrogen (secondary N) is 1. The van der Waals surface area contributed by atoms with Gasteiger partial charge in [0, 0.05) is 24.0 Å². The molecule has 2 rings (SSSR count). The summed E-state index contributed by atoms with van der Waals surface area (Å²) in [5.41, 5.74) is 7.29. The number of anilines is 1. The molecule has 84 valence electrons. The quantitative estimate of drug-likeness (QED) is 0.788. The van der Waals surface area contributed by atoms with Crippen LogP contribution in [0, 0.1) is 11.3 Å². The maximum Gasteiger partial charge on any atom is 0.142 e. The number of nitriles is 1. The Hall–Kier alpha value is -1.60. The molecule has 4 nitrogen and oxygen atoms in total. The third-order valence-electron chi connectivity index (χ3n) is 3.02. The second-order valence-corrected chi connectivity index (χ2v) is 4.30.